The van der Waals surface area contributed by atoms with E-state index in [0.717, 1.165) is 17.7 Å². The van der Waals surface area contributed by atoms with Crippen molar-refractivity contribution in [1.82, 2.24) is 10.2 Å². The third-order valence-corrected chi connectivity index (χ3v) is 3.47. The normalized spacial score (nSPS) is 24.6. The van der Waals surface area contributed by atoms with Gasteiger partial charge in [-0.05, 0) is 26.2 Å². The number of hydrogen-bond acceptors (Lipinski definition) is 3. The van der Waals surface area contributed by atoms with Crippen LogP contribution in [0.5, 0.6) is 0 Å². The molecule has 1 amide bonds. The van der Waals surface area contributed by atoms with Crippen LogP contribution in [0.15, 0.2) is 0 Å². The fourth-order valence-corrected chi connectivity index (χ4v) is 2.09. The van der Waals surface area contributed by atoms with Crippen LogP contribution in [-0.2, 0) is 9.53 Å². The minimum Gasteiger partial charge on any atom is -0.381 e. The van der Waals surface area contributed by atoms with Gasteiger partial charge in [0.25, 0.3) is 0 Å². The third-order valence-electron chi connectivity index (χ3n) is 3.47. The van der Waals surface area contributed by atoms with E-state index >= 15 is 0 Å². The summed E-state index contributed by atoms with van der Waals surface area (Å²) < 4.78 is 5.34. The van der Waals surface area contributed by atoms with E-state index in [1.807, 2.05) is 20.8 Å². The zero-order valence-electron chi connectivity index (χ0n) is 10.5. The zero-order chi connectivity index (χ0) is 12.4. The van der Waals surface area contributed by atoms with Crippen molar-refractivity contribution >= 4 is 11.7 Å². The highest BCUT2D eigenvalue weighted by Crippen LogP contribution is 2.23. The Bertz CT molecular complexity index is 414. The van der Waals surface area contributed by atoms with Crippen LogP contribution in [-0.4, -0.2) is 29.3 Å². The number of anilines is 1. The molecule has 2 rings (SSSR count). The lowest BCUT2D eigenvalue weighted by Crippen LogP contribution is -2.35. The van der Waals surface area contributed by atoms with Crippen molar-refractivity contribution in [2.45, 2.75) is 27.2 Å². The van der Waals surface area contributed by atoms with Crippen molar-refractivity contribution in [1.29, 1.82) is 0 Å². The minimum absolute atomic E-state index is 0.0279. The second-order valence-corrected chi connectivity index (χ2v) is 4.76. The van der Waals surface area contributed by atoms with Crippen LogP contribution in [0.3, 0.4) is 0 Å². The largest absolute Gasteiger partial charge is 0.381 e. The molecule has 1 aliphatic rings. The highest BCUT2D eigenvalue weighted by Gasteiger charge is 2.29. The van der Waals surface area contributed by atoms with Crippen molar-refractivity contribution in [2.24, 2.45) is 11.8 Å². The summed E-state index contributed by atoms with van der Waals surface area (Å²) in [7, 11) is 0. The van der Waals surface area contributed by atoms with Gasteiger partial charge in [-0.15, -0.1) is 0 Å². The summed E-state index contributed by atoms with van der Waals surface area (Å²) in [6, 6.07) is 0. The smallest absolute Gasteiger partial charge is 0.229 e. The first-order valence-corrected chi connectivity index (χ1v) is 5.99. The van der Waals surface area contributed by atoms with Gasteiger partial charge >= 0.3 is 0 Å². The summed E-state index contributed by atoms with van der Waals surface area (Å²) >= 11 is 0. The third kappa shape index (κ3) is 2.49. The Kier molecular flexibility index (Phi) is 3.47. The molecule has 0 spiro atoms. The van der Waals surface area contributed by atoms with Crippen LogP contribution in [0.2, 0.25) is 0 Å². The number of H-pyrrole nitrogens is 1. The van der Waals surface area contributed by atoms with Crippen LogP contribution >= 0.6 is 0 Å². The summed E-state index contributed by atoms with van der Waals surface area (Å²) in [5, 5.41) is 9.85. The van der Waals surface area contributed by atoms with Crippen molar-refractivity contribution in [3.8, 4) is 0 Å². The maximum atomic E-state index is 12.1. The van der Waals surface area contributed by atoms with E-state index in [0.29, 0.717) is 19.0 Å². The lowest BCUT2D eigenvalue weighted by atomic mass is 9.89. The first-order valence-electron chi connectivity index (χ1n) is 5.99. The molecular formula is C12H19N3O2. The monoisotopic (exact) mass is 237 g/mol. The maximum Gasteiger partial charge on any atom is 0.229 e. The lowest BCUT2D eigenvalue weighted by Gasteiger charge is -2.27. The van der Waals surface area contributed by atoms with Gasteiger partial charge in [-0.25, -0.2) is 0 Å². The Balaban J connectivity index is 2.03. The number of rotatable bonds is 2. The molecule has 2 N–H and O–H groups in total. The van der Waals surface area contributed by atoms with Crippen LogP contribution in [0.4, 0.5) is 5.82 Å². The molecule has 1 saturated heterocycles. The van der Waals surface area contributed by atoms with Gasteiger partial charge in [0.2, 0.25) is 5.91 Å². The minimum atomic E-state index is 0.0279. The van der Waals surface area contributed by atoms with Crippen LogP contribution in [0, 0.1) is 25.7 Å². The summed E-state index contributed by atoms with van der Waals surface area (Å²) in [5.41, 5.74) is 1.98. The van der Waals surface area contributed by atoms with Crippen molar-refractivity contribution in [3.05, 3.63) is 11.3 Å². The number of amides is 1. The fraction of sp³-hybridized carbons (Fsp3) is 0.667. The summed E-state index contributed by atoms with van der Waals surface area (Å²) in [4.78, 5) is 12.1. The molecule has 1 fully saturated rings. The average molecular weight is 237 g/mol. The molecule has 2 unspecified atom stereocenters. The van der Waals surface area contributed by atoms with Crippen LogP contribution in [0.1, 0.15) is 24.6 Å². The molecule has 94 valence electrons. The number of carbonyl (C=O) groups excluding carboxylic acids is 1. The van der Waals surface area contributed by atoms with E-state index in [-0.39, 0.29) is 17.7 Å². The Hall–Kier alpha value is -1.36. The molecule has 17 heavy (non-hydrogen) atoms. The van der Waals surface area contributed by atoms with Gasteiger partial charge in [0, 0.05) is 30.4 Å². The number of carbonyl (C=O) groups is 1. The first-order chi connectivity index (χ1) is 8.09. The lowest BCUT2D eigenvalue weighted by molar-refractivity contribution is -0.125. The molecule has 0 bridgehead atoms. The van der Waals surface area contributed by atoms with E-state index in [1.54, 1.807) is 0 Å². The second kappa shape index (κ2) is 4.87. The number of aromatic amines is 1. The van der Waals surface area contributed by atoms with Crippen LogP contribution in [0.25, 0.3) is 0 Å². The molecule has 5 nitrogen and oxygen atoms in total. The van der Waals surface area contributed by atoms with E-state index in [1.165, 1.54) is 0 Å². The second-order valence-electron chi connectivity index (χ2n) is 4.76. The number of aromatic nitrogens is 2. The number of nitrogens with one attached hydrogen (secondary N) is 2. The number of hydrogen-bond donors (Lipinski definition) is 2. The quantitative estimate of drug-likeness (QED) is 0.821. The number of ether oxygens (including phenoxy) is 1. The van der Waals surface area contributed by atoms with Crippen molar-refractivity contribution in [3.63, 3.8) is 0 Å². The molecule has 1 aromatic rings. The molecule has 2 heterocycles. The van der Waals surface area contributed by atoms with E-state index in [2.05, 4.69) is 15.5 Å². The van der Waals surface area contributed by atoms with E-state index in [9.17, 15) is 4.79 Å². The van der Waals surface area contributed by atoms with Gasteiger partial charge in [0.15, 0.2) is 5.82 Å². The zero-order valence-corrected chi connectivity index (χ0v) is 10.5. The average Bonchev–Trinajstić information content (AvgIpc) is 2.61. The van der Waals surface area contributed by atoms with E-state index < -0.39 is 0 Å². The molecule has 0 radical (unpaired) electrons. The molecule has 1 aromatic heterocycles. The summed E-state index contributed by atoms with van der Waals surface area (Å²) in [6.07, 6.45) is 0.787. The molecular weight excluding hydrogens is 218 g/mol. The Labute approximate surface area is 101 Å². The molecule has 5 heteroatoms. The van der Waals surface area contributed by atoms with Crippen molar-refractivity contribution in [2.75, 3.05) is 18.5 Å². The number of nitrogens with zero attached hydrogens (tertiary/aromatic N) is 1. The van der Waals surface area contributed by atoms with Gasteiger partial charge in [-0.1, -0.05) is 6.92 Å². The Morgan fingerprint density at radius 3 is 2.88 bits per heavy atom. The molecule has 0 aliphatic carbocycles. The molecule has 2 atom stereocenters. The van der Waals surface area contributed by atoms with Gasteiger partial charge in [0.05, 0.1) is 0 Å². The van der Waals surface area contributed by atoms with Crippen molar-refractivity contribution < 1.29 is 9.53 Å². The standard InChI is InChI=1S/C12H19N3O2/c1-7-6-17-5-4-10(7)12(16)13-11-8(2)9(3)14-15-11/h7,10H,4-6H2,1-3H3,(H2,13,14,15,16). The van der Waals surface area contributed by atoms with Gasteiger partial charge in [-0.2, -0.15) is 5.10 Å². The number of aryl methyl sites for hydroxylation is 1. The highest BCUT2D eigenvalue weighted by atomic mass is 16.5. The van der Waals surface area contributed by atoms with Gasteiger partial charge in [-0.3, -0.25) is 9.89 Å². The maximum absolute atomic E-state index is 12.1. The highest BCUT2D eigenvalue weighted by molar-refractivity contribution is 5.92. The Morgan fingerprint density at radius 1 is 1.53 bits per heavy atom. The molecule has 0 aromatic carbocycles. The topological polar surface area (TPSA) is 67.0 Å². The molecule has 0 saturated carbocycles. The summed E-state index contributed by atoms with van der Waals surface area (Å²) in [5.74, 6) is 0.992. The summed E-state index contributed by atoms with van der Waals surface area (Å²) in [6.45, 7) is 7.26. The Morgan fingerprint density at radius 2 is 2.29 bits per heavy atom. The van der Waals surface area contributed by atoms with Crippen LogP contribution < -0.4 is 5.32 Å². The predicted octanol–water partition coefficient (Wildman–Crippen LogP) is 1.64. The predicted molar refractivity (Wildman–Crippen MR) is 64.8 cm³/mol. The SMILES string of the molecule is Cc1[nH]nc(NC(=O)C2CCOCC2C)c1C. The van der Waals surface area contributed by atoms with Gasteiger partial charge < -0.3 is 10.1 Å². The first kappa shape index (κ1) is 12.1. The molecule has 1 aliphatic heterocycles. The van der Waals surface area contributed by atoms with Gasteiger partial charge in [0.1, 0.15) is 0 Å². The fourth-order valence-electron chi connectivity index (χ4n) is 2.09. The van der Waals surface area contributed by atoms with E-state index in [4.69, 9.17) is 4.74 Å².